The van der Waals surface area contributed by atoms with E-state index in [1.54, 1.807) is 6.07 Å². The Kier molecular flexibility index (Phi) is 2.29. The van der Waals surface area contributed by atoms with Crippen molar-refractivity contribution in [1.29, 1.82) is 0 Å². The number of β-amino-alcohol motifs (C(OH)–C–C–N with tert-alkyl or cyclic N) is 1. The summed E-state index contributed by atoms with van der Waals surface area (Å²) in [6, 6.07) is 4.30. The average Bonchev–Trinajstić information content (AvgIpc) is 2.56. The fraction of sp³-hybridized carbons (Fsp3) is 0.400. The average molecular weight is 196 g/mol. The summed E-state index contributed by atoms with van der Waals surface area (Å²) in [5.41, 5.74) is 6.96. The second kappa shape index (κ2) is 3.46. The number of hydrogen-bond acceptors (Lipinski definition) is 3. The first-order valence-corrected chi connectivity index (χ1v) is 4.65. The van der Waals surface area contributed by atoms with Crippen LogP contribution in [0.25, 0.3) is 0 Å². The molecule has 1 atom stereocenters. The minimum atomic E-state index is -0.322. The molecule has 1 unspecified atom stereocenters. The molecule has 1 aliphatic rings. The Labute approximate surface area is 81.9 Å². The standard InChI is InChI=1S/C10H13FN2O/c11-7-1-2-9(12)10(5-7)13-4-3-8(14)6-13/h1-2,5,8,14H,3-4,6,12H2. The number of aliphatic hydroxyl groups excluding tert-OH is 1. The van der Waals surface area contributed by atoms with Gasteiger partial charge in [-0.25, -0.2) is 4.39 Å². The van der Waals surface area contributed by atoms with E-state index in [2.05, 4.69) is 0 Å². The lowest BCUT2D eigenvalue weighted by atomic mass is 10.2. The van der Waals surface area contributed by atoms with Crippen LogP contribution >= 0.6 is 0 Å². The number of benzene rings is 1. The van der Waals surface area contributed by atoms with Gasteiger partial charge in [-0.05, 0) is 24.6 Å². The van der Waals surface area contributed by atoms with E-state index in [1.807, 2.05) is 4.90 Å². The quantitative estimate of drug-likeness (QED) is 0.658. The fourth-order valence-corrected chi connectivity index (χ4v) is 1.75. The molecule has 1 aliphatic heterocycles. The summed E-state index contributed by atoms with van der Waals surface area (Å²) in [6.07, 6.45) is 0.397. The van der Waals surface area contributed by atoms with Crippen molar-refractivity contribution in [3.05, 3.63) is 24.0 Å². The van der Waals surface area contributed by atoms with Crippen LogP contribution in [0, 0.1) is 5.82 Å². The van der Waals surface area contributed by atoms with Crippen molar-refractivity contribution in [2.75, 3.05) is 23.7 Å². The number of anilines is 2. The first-order chi connectivity index (χ1) is 6.66. The molecule has 0 aliphatic carbocycles. The van der Waals surface area contributed by atoms with Gasteiger partial charge in [-0.15, -0.1) is 0 Å². The first kappa shape index (κ1) is 9.27. The SMILES string of the molecule is Nc1ccc(F)cc1N1CCC(O)C1. The van der Waals surface area contributed by atoms with Gasteiger partial charge < -0.3 is 15.7 Å². The van der Waals surface area contributed by atoms with Crippen LogP contribution in [0.5, 0.6) is 0 Å². The molecule has 1 aromatic rings. The highest BCUT2D eigenvalue weighted by molar-refractivity contribution is 5.67. The third-order valence-corrected chi connectivity index (χ3v) is 2.50. The molecule has 1 aromatic carbocycles. The van der Waals surface area contributed by atoms with Gasteiger partial charge in [0, 0.05) is 13.1 Å². The summed E-state index contributed by atoms with van der Waals surface area (Å²) in [7, 11) is 0. The summed E-state index contributed by atoms with van der Waals surface area (Å²) in [5.74, 6) is -0.296. The molecule has 0 radical (unpaired) electrons. The van der Waals surface area contributed by atoms with E-state index in [-0.39, 0.29) is 11.9 Å². The molecular weight excluding hydrogens is 183 g/mol. The maximum atomic E-state index is 13.0. The van der Waals surface area contributed by atoms with Crippen LogP contribution in [-0.4, -0.2) is 24.3 Å². The van der Waals surface area contributed by atoms with Gasteiger partial charge >= 0.3 is 0 Å². The number of rotatable bonds is 1. The molecule has 0 spiro atoms. The lowest BCUT2D eigenvalue weighted by molar-refractivity contribution is 0.198. The Morgan fingerprint density at radius 1 is 1.50 bits per heavy atom. The largest absolute Gasteiger partial charge is 0.397 e. The predicted octanol–water partition coefficient (Wildman–Crippen LogP) is 0.979. The summed E-state index contributed by atoms with van der Waals surface area (Å²) < 4.78 is 13.0. The summed E-state index contributed by atoms with van der Waals surface area (Å²) in [6.45, 7) is 1.27. The molecule has 1 saturated heterocycles. The maximum Gasteiger partial charge on any atom is 0.125 e. The Hall–Kier alpha value is -1.29. The molecule has 3 nitrogen and oxygen atoms in total. The first-order valence-electron chi connectivity index (χ1n) is 4.65. The van der Waals surface area contributed by atoms with Crippen LogP contribution in [0.15, 0.2) is 18.2 Å². The highest BCUT2D eigenvalue weighted by Gasteiger charge is 2.21. The van der Waals surface area contributed by atoms with Gasteiger partial charge in [-0.1, -0.05) is 0 Å². The number of halogens is 1. The van der Waals surface area contributed by atoms with Gasteiger partial charge in [0.2, 0.25) is 0 Å². The van der Waals surface area contributed by atoms with E-state index in [4.69, 9.17) is 5.73 Å². The van der Waals surface area contributed by atoms with E-state index in [0.29, 0.717) is 17.9 Å². The zero-order valence-electron chi connectivity index (χ0n) is 7.78. The fourth-order valence-electron chi connectivity index (χ4n) is 1.75. The Morgan fingerprint density at radius 3 is 2.93 bits per heavy atom. The lowest BCUT2D eigenvalue weighted by Crippen LogP contribution is -2.22. The molecular formula is C10H13FN2O. The molecule has 0 aromatic heterocycles. The highest BCUT2D eigenvalue weighted by atomic mass is 19.1. The second-order valence-electron chi connectivity index (χ2n) is 3.59. The van der Waals surface area contributed by atoms with Gasteiger partial charge in [0.05, 0.1) is 17.5 Å². The maximum absolute atomic E-state index is 13.0. The molecule has 1 fully saturated rings. The molecule has 0 amide bonds. The molecule has 76 valence electrons. The van der Waals surface area contributed by atoms with E-state index in [1.165, 1.54) is 12.1 Å². The van der Waals surface area contributed by atoms with Gasteiger partial charge in [-0.3, -0.25) is 0 Å². The minimum Gasteiger partial charge on any atom is -0.397 e. The molecule has 3 N–H and O–H groups in total. The Morgan fingerprint density at radius 2 is 2.29 bits per heavy atom. The second-order valence-corrected chi connectivity index (χ2v) is 3.59. The van der Waals surface area contributed by atoms with E-state index in [9.17, 15) is 9.50 Å². The Bertz CT molecular complexity index is 343. The zero-order chi connectivity index (χ0) is 10.1. The van der Waals surface area contributed by atoms with Crippen LogP contribution < -0.4 is 10.6 Å². The molecule has 0 bridgehead atoms. The van der Waals surface area contributed by atoms with E-state index >= 15 is 0 Å². The number of aliphatic hydroxyl groups is 1. The number of nitrogen functional groups attached to an aromatic ring is 1. The monoisotopic (exact) mass is 196 g/mol. The van der Waals surface area contributed by atoms with Crippen LogP contribution in [0.2, 0.25) is 0 Å². The van der Waals surface area contributed by atoms with Crippen LogP contribution in [0.4, 0.5) is 15.8 Å². The van der Waals surface area contributed by atoms with Crippen molar-refractivity contribution < 1.29 is 9.50 Å². The van der Waals surface area contributed by atoms with Crippen molar-refractivity contribution in [1.82, 2.24) is 0 Å². The number of nitrogens with two attached hydrogens (primary N) is 1. The van der Waals surface area contributed by atoms with Crippen molar-refractivity contribution >= 4 is 11.4 Å². The third-order valence-electron chi connectivity index (χ3n) is 2.50. The summed E-state index contributed by atoms with van der Waals surface area (Å²) in [5, 5.41) is 9.34. The van der Waals surface area contributed by atoms with Crippen LogP contribution in [0.1, 0.15) is 6.42 Å². The van der Waals surface area contributed by atoms with E-state index in [0.717, 1.165) is 13.0 Å². The topological polar surface area (TPSA) is 49.5 Å². The summed E-state index contributed by atoms with van der Waals surface area (Å²) >= 11 is 0. The predicted molar refractivity (Wildman–Crippen MR) is 53.6 cm³/mol. The number of nitrogens with zero attached hydrogens (tertiary/aromatic N) is 1. The van der Waals surface area contributed by atoms with Crippen molar-refractivity contribution in [3.63, 3.8) is 0 Å². The molecule has 4 heteroatoms. The van der Waals surface area contributed by atoms with Crippen LogP contribution in [-0.2, 0) is 0 Å². The summed E-state index contributed by atoms with van der Waals surface area (Å²) in [4.78, 5) is 1.91. The third kappa shape index (κ3) is 1.65. The molecule has 2 rings (SSSR count). The van der Waals surface area contributed by atoms with Gasteiger partial charge in [0.1, 0.15) is 5.82 Å². The molecule has 1 heterocycles. The van der Waals surface area contributed by atoms with Gasteiger partial charge in [-0.2, -0.15) is 0 Å². The highest BCUT2D eigenvalue weighted by Crippen LogP contribution is 2.27. The molecule has 14 heavy (non-hydrogen) atoms. The van der Waals surface area contributed by atoms with Gasteiger partial charge in [0.15, 0.2) is 0 Å². The van der Waals surface area contributed by atoms with Gasteiger partial charge in [0.25, 0.3) is 0 Å². The lowest BCUT2D eigenvalue weighted by Gasteiger charge is -2.19. The Balaban J connectivity index is 2.27. The van der Waals surface area contributed by atoms with Crippen LogP contribution in [0.3, 0.4) is 0 Å². The smallest absolute Gasteiger partial charge is 0.125 e. The van der Waals surface area contributed by atoms with Crippen molar-refractivity contribution in [2.45, 2.75) is 12.5 Å². The minimum absolute atomic E-state index is 0.296. The molecule has 0 saturated carbocycles. The van der Waals surface area contributed by atoms with Crippen molar-refractivity contribution in [3.8, 4) is 0 Å². The number of hydrogen-bond donors (Lipinski definition) is 2. The van der Waals surface area contributed by atoms with E-state index < -0.39 is 0 Å². The van der Waals surface area contributed by atoms with Crippen molar-refractivity contribution in [2.24, 2.45) is 0 Å². The normalized spacial score (nSPS) is 21.6. The zero-order valence-corrected chi connectivity index (χ0v) is 7.78.